The van der Waals surface area contributed by atoms with E-state index in [1.54, 1.807) is 31.2 Å². The van der Waals surface area contributed by atoms with E-state index in [1.165, 1.54) is 5.56 Å². The molecule has 1 amide bonds. The van der Waals surface area contributed by atoms with Gasteiger partial charge in [-0.2, -0.15) is 0 Å². The molecule has 0 saturated carbocycles. The van der Waals surface area contributed by atoms with Crippen molar-refractivity contribution < 1.29 is 19.1 Å². The third-order valence-corrected chi connectivity index (χ3v) is 4.91. The molecule has 5 nitrogen and oxygen atoms in total. The third-order valence-electron chi connectivity index (χ3n) is 4.91. The van der Waals surface area contributed by atoms with Crippen molar-refractivity contribution in [2.45, 2.75) is 65.9 Å². The van der Waals surface area contributed by atoms with E-state index in [1.807, 2.05) is 25.1 Å². The van der Waals surface area contributed by atoms with Gasteiger partial charge in [0.15, 0.2) is 6.10 Å². The van der Waals surface area contributed by atoms with Crippen LogP contribution in [0.15, 0.2) is 42.5 Å². The standard InChI is InChI=1S/C25H33NO4/c1-6-7-8-15-29-25(28)20-9-11-21(12-10-20)26-24(27)19(5)30-22-13-14-23(17(2)3)18(4)16-22/h9-14,16-17,19H,6-8,15H2,1-5H3,(H,26,27). The van der Waals surface area contributed by atoms with Gasteiger partial charge < -0.3 is 14.8 Å². The monoisotopic (exact) mass is 411 g/mol. The minimum Gasteiger partial charge on any atom is -0.481 e. The van der Waals surface area contributed by atoms with E-state index >= 15 is 0 Å². The summed E-state index contributed by atoms with van der Waals surface area (Å²) >= 11 is 0. The van der Waals surface area contributed by atoms with E-state index in [-0.39, 0.29) is 11.9 Å². The topological polar surface area (TPSA) is 64.6 Å². The van der Waals surface area contributed by atoms with Crippen molar-refractivity contribution in [2.24, 2.45) is 0 Å². The van der Waals surface area contributed by atoms with Crippen molar-refractivity contribution >= 4 is 17.6 Å². The first-order valence-electron chi connectivity index (χ1n) is 10.7. The number of nitrogens with one attached hydrogen (secondary N) is 1. The maximum absolute atomic E-state index is 12.5. The first-order valence-corrected chi connectivity index (χ1v) is 10.7. The van der Waals surface area contributed by atoms with Crippen LogP contribution in [0, 0.1) is 6.92 Å². The summed E-state index contributed by atoms with van der Waals surface area (Å²) in [7, 11) is 0. The zero-order chi connectivity index (χ0) is 22.1. The van der Waals surface area contributed by atoms with Crippen molar-refractivity contribution in [1.29, 1.82) is 0 Å². The summed E-state index contributed by atoms with van der Waals surface area (Å²) in [6, 6.07) is 12.6. The molecular weight excluding hydrogens is 378 g/mol. The summed E-state index contributed by atoms with van der Waals surface area (Å²) in [4.78, 5) is 24.5. The van der Waals surface area contributed by atoms with Gasteiger partial charge in [0.05, 0.1) is 12.2 Å². The third kappa shape index (κ3) is 6.90. The molecule has 0 aliphatic heterocycles. The molecule has 0 aliphatic carbocycles. The number of carbonyl (C=O) groups excluding carboxylic acids is 2. The highest BCUT2D eigenvalue weighted by atomic mass is 16.5. The molecule has 30 heavy (non-hydrogen) atoms. The fraction of sp³-hybridized carbons (Fsp3) is 0.440. The lowest BCUT2D eigenvalue weighted by Crippen LogP contribution is -2.30. The molecule has 0 spiro atoms. The van der Waals surface area contributed by atoms with Gasteiger partial charge in [0, 0.05) is 5.69 Å². The van der Waals surface area contributed by atoms with Gasteiger partial charge in [-0.15, -0.1) is 0 Å². The molecule has 0 bridgehead atoms. The van der Waals surface area contributed by atoms with E-state index in [0.717, 1.165) is 24.8 Å². The number of aryl methyl sites for hydroxylation is 1. The van der Waals surface area contributed by atoms with Crippen LogP contribution >= 0.6 is 0 Å². The Morgan fingerprint density at radius 3 is 2.30 bits per heavy atom. The number of amides is 1. The molecule has 1 atom stereocenters. The van der Waals surface area contributed by atoms with E-state index in [0.29, 0.717) is 29.5 Å². The molecule has 0 aromatic heterocycles. The van der Waals surface area contributed by atoms with Crippen LogP contribution in [-0.4, -0.2) is 24.6 Å². The Morgan fingerprint density at radius 2 is 1.70 bits per heavy atom. The second-order valence-electron chi connectivity index (χ2n) is 7.84. The predicted octanol–water partition coefficient (Wildman–Crippen LogP) is 5.87. The first-order chi connectivity index (χ1) is 14.3. The summed E-state index contributed by atoms with van der Waals surface area (Å²) in [5.41, 5.74) is 3.48. The number of anilines is 1. The molecule has 0 saturated heterocycles. The van der Waals surface area contributed by atoms with Crippen LogP contribution in [0.3, 0.4) is 0 Å². The van der Waals surface area contributed by atoms with E-state index in [2.05, 4.69) is 26.1 Å². The van der Waals surface area contributed by atoms with Crippen LogP contribution in [0.1, 0.15) is 74.4 Å². The fourth-order valence-corrected chi connectivity index (χ4v) is 3.16. The average Bonchev–Trinajstić information content (AvgIpc) is 2.71. The van der Waals surface area contributed by atoms with Crippen molar-refractivity contribution in [2.75, 3.05) is 11.9 Å². The maximum Gasteiger partial charge on any atom is 0.338 e. The SMILES string of the molecule is CCCCCOC(=O)c1ccc(NC(=O)C(C)Oc2ccc(C(C)C)c(C)c2)cc1. The van der Waals surface area contributed by atoms with Crippen LogP contribution < -0.4 is 10.1 Å². The number of unbranched alkanes of at least 4 members (excludes halogenated alkanes) is 2. The van der Waals surface area contributed by atoms with E-state index in [4.69, 9.17) is 9.47 Å². The molecule has 1 N–H and O–H groups in total. The number of benzene rings is 2. The Bertz CT molecular complexity index is 843. The lowest BCUT2D eigenvalue weighted by Gasteiger charge is -2.17. The maximum atomic E-state index is 12.5. The molecule has 2 rings (SSSR count). The highest BCUT2D eigenvalue weighted by Gasteiger charge is 2.16. The molecule has 0 fully saturated rings. The Morgan fingerprint density at radius 1 is 1.00 bits per heavy atom. The largest absolute Gasteiger partial charge is 0.481 e. The van der Waals surface area contributed by atoms with Gasteiger partial charge in [-0.1, -0.05) is 39.7 Å². The summed E-state index contributed by atoms with van der Waals surface area (Å²) in [5.74, 6) is 0.508. The molecule has 2 aromatic rings. The van der Waals surface area contributed by atoms with Crippen LogP contribution in [0.4, 0.5) is 5.69 Å². The number of hydrogen-bond donors (Lipinski definition) is 1. The Hall–Kier alpha value is -2.82. The molecule has 1 unspecified atom stereocenters. The number of hydrogen-bond acceptors (Lipinski definition) is 4. The smallest absolute Gasteiger partial charge is 0.338 e. The molecule has 5 heteroatoms. The van der Waals surface area contributed by atoms with Gasteiger partial charge >= 0.3 is 5.97 Å². The summed E-state index contributed by atoms with van der Waals surface area (Å²) in [5, 5.41) is 2.82. The Labute approximate surface area is 179 Å². The van der Waals surface area contributed by atoms with E-state index in [9.17, 15) is 9.59 Å². The van der Waals surface area contributed by atoms with Crippen LogP contribution in [0.2, 0.25) is 0 Å². The molecule has 2 aromatic carbocycles. The van der Waals surface area contributed by atoms with Crippen LogP contribution in [-0.2, 0) is 9.53 Å². The lowest BCUT2D eigenvalue weighted by atomic mass is 9.98. The van der Waals surface area contributed by atoms with Gasteiger partial charge in [0.1, 0.15) is 5.75 Å². The minimum absolute atomic E-state index is 0.254. The van der Waals surface area contributed by atoms with Gasteiger partial charge in [-0.3, -0.25) is 4.79 Å². The van der Waals surface area contributed by atoms with Gasteiger partial charge in [-0.25, -0.2) is 4.79 Å². The Kier molecular flexibility index (Phi) is 8.90. The van der Waals surface area contributed by atoms with Crippen molar-refractivity contribution in [3.63, 3.8) is 0 Å². The average molecular weight is 412 g/mol. The normalized spacial score (nSPS) is 11.8. The molecule has 0 aliphatic rings. The number of ether oxygens (including phenoxy) is 2. The zero-order valence-electron chi connectivity index (χ0n) is 18.7. The van der Waals surface area contributed by atoms with Crippen LogP contribution in [0.5, 0.6) is 5.75 Å². The number of carbonyl (C=O) groups is 2. The first kappa shape index (κ1) is 23.5. The van der Waals surface area contributed by atoms with Gasteiger partial charge in [0.2, 0.25) is 0 Å². The summed E-state index contributed by atoms with van der Waals surface area (Å²) in [6.45, 7) is 10.6. The van der Waals surface area contributed by atoms with Crippen molar-refractivity contribution in [1.82, 2.24) is 0 Å². The van der Waals surface area contributed by atoms with E-state index < -0.39 is 6.10 Å². The second-order valence-corrected chi connectivity index (χ2v) is 7.84. The highest BCUT2D eigenvalue weighted by molar-refractivity contribution is 5.95. The van der Waals surface area contributed by atoms with Crippen molar-refractivity contribution in [3.8, 4) is 5.75 Å². The van der Waals surface area contributed by atoms with Crippen molar-refractivity contribution in [3.05, 3.63) is 59.2 Å². The fourth-order valence-electron chi connectivity index (χ4n) is 3.16. The number of esters is 1. The molecular formula is C25H33NO4. The summed E-state index contributed by atoms with van der Waals surface area (Å²) < 4.78 is 11.0. The molecule has 0 radical (unpaired) electrons. The number of rotatable bonds is 10. The molecule has 0 heterocycles. The predicted molar refractivity (Wildman–Crippen MR) is 120 cm³/mol. The second kappa shape index (κ2) is 11.4. The summed E-state index contributed by atoms with van der Waals surface area (Å²) in [6.07, 6.45) is 2.34. The molecule has 162 valence electrons. The lowest BCUT2D eigenvalue weighted by molar-refractivity contribution is -0.122. The zero-order valence-corrected chi connectivity index (χ0v) is 18.7. The van der Waals surface area contributed by atoms with Crippen LogP contribution in [0.25, 0.3) is 0 Å². The quantitative estimate of drug-likeness (QED) is 0.392. The minimum atomic E-state index is -0.655. The Balaban J connectivity index is 1.89. The van der Waals surface area contributed by atoms with Gasteiger partial charge in [0.25, 0.3) is 5.91 Å². The highest BCUT2D eigenvalue weighted by Crippen LogP contribution is 2.24. The van der Waals surface area contributed by atoms with Gasteiger partial charge in [-0.05, 0) is 73.7 Å².